The molecule has 0 atom stereocenters. The lowest BCUT2D eigenvalue weighted by atomic mass is 10.2. The summed E-state index contributed by atoms with van der Waals surface area (Å²) in [7, 11) is 1.57. The lowest BCUT2D eigenvalue weighted by molar-refractivity contribution is -0.118. The summed E-state index contributed by atoms with van der Waals surface area (Å²) in [6, 6.07) is 18.9. The molecule has 0 unspecified atom stereocenters. The van der Waals surface area contributed by atoms with Crippen LogP contribution in [-0.4, -0.2) is 19.6 Å². The number of rotatable bonds is 8. The van der Waals surface area contributed by atoms with Gasteiger partial charge in [-0.1, -0.05) is 39.7 Å². The third-order valence-corrected chi connectivity index (χ3v) is 5.17. The van der Waals surface area contributed by atoms with Crippen molar-refractivity contribution in [2.24, 2.45) is 0 Å². The maximum Gasteiger partial charge on any atom is 0.262 e. The van der Waals surface area contributed by atoms with Gasteiger partial charge < -0.3 is 20.1 Å². The van der Waals surface area contributed by atoms with E-state index >= 15 is 0 Å². The Kier molecular flexibility index (Phi) is 7.60. The molecule has 1 amide bonds. The maximum absolute atomic E-state index is 12.3. The van der Waals surface area contributed by atoms with E-state index in [1.165, 1.54) is 0 Å². The van der Waals surface area contributed by atoms with Gasteiger partial charge in [0.1, 0.15) is 0 Å². The van der Waals surface area contributed by atoms with Crippen LogP contribution in [0.2, 0.25) is 5.02 Å². The molecule has 2 N–H and O–H groups in total. The van der Waals surface area contributed by atoms with Gasteiger partial charge in [0.15, 0.2) is 18.1 Å². The predicted octanol–water partition coefficient (Wildman–Crippen LogP) is 6.05. The lowest BCUT2D eigenvalue weighted by Crippen LogP contribution is -2.20. The molecule has 0 aliphatic carbocycles. The largest absolute Gasteiger partial charge is 0.493 e. The van der Waals surface area contributed by atoms with Crippen molar-refractivity contribution < 1.29 is 14.3 Å². The highest BCUT2D eigenvalue weighted by Crippen LogP contribution is 2.29. The van der Waals surface area contributed by atoms with Crippen LogP contribution in [0.4, 0.5) is 11.4 Å². The molecule has 7 heteroatoms. The monoisotopic (exact) mass is 488 g/mol. The third-order valence-electron chi connectivity index (χ3n) is 4.40. The van der Waals surface area contributed by atoms with E-state index in [0.29, 0.717) is 28.8 Å². The number of ether oxygens (including phenoxy) is 2. The maximum atomic E-state index is 12.3. The summed E-state index contributed by atoms with van der Waals surface area (Å²) in [5.41, 5.74) is 3.64. The number of hydrogen-bond acceptors (Lipinski definition) is 4. The van der Waals surface area contributed by atoms with Crippen molar-refractivity contribution in [2.45, 2.75) is 13.5 Å². The zero-order valence-corrected chi connectivity index (χ0v) is 19.0. The Morgan fingerprint density at radius 3 is 2.53 bits per heavy atom. The first kappa shape index (κ1) is 22.0. The molecule has 0 bridgehead atoms. The molecule has 0 spiro atoms. The van der Waals surface area contributed by atoms with Gasteiger partial charge in [-0.2, -0.15) is 0 Å². The zero-order chi connectivity index (χ0) is 21.5. The predicted molar refractivity (Wildman–Crippen MR) is 125 cm³/mol. The second kappa shape index (κ2) is 10.4. The molecule has 0 aromatic heterocycles. The van der Waals surface area contributed by atoms with Gasteiger partial charge in [-0.15, -0.1) is 0 Å². The van der Waals surface area contributed by atoms with E-state index in [0.717, 1.165) is 21.3 Å². The minimum Gasteiger partial charge on any atom is -0.493 e. The Morgan fingerprint density at radius 1 is 1.03 bits per heavy atom. The van der Waals surface area contributed by atoms with Gasteiger partial charge in [-0.25, -0.2) is 0 Å². The first-order chi connectivity index (χ1) is 14.4. The van der Waals surface area contributed by atoms with Crippen LogP contribution in [-0.2, 0) is 11.3 Å². The fraction of sp³-hybridized carbons (Fsp3) is 0.174. The molecule has 0 aliphatic rings. The molecule has 0 fully saturated rings. The van der Waals surface area contributed by atoms with Crippen molar-refractivity contribution in [3.05, 3.63) is 81.3 Å². The normalized spacial score (nSPS) is 10.4. The van der Waals surface area contributed by atoms with Crippen LogP contribution < -0.4 is 20.1 Å². The highest BCUT2D eigenvalue weighted by atomic mass is 79.9. The summed E-state index contributed by atoms with van der Waals surface area (Å²) in [5, 5.41) is 6.73. The van der Waals surface area contributed by atoms with E-state index in [1.54, 1.807) is 25.3 Å². The number of hydrogen-bond donors (Lipinski definition) is 2. The first-order valence-corrected chi connectivity index (χ1v) is 10.5. The molecule has 0 saturated carbocycles. The Hall–Kier alpha value is -2.70. The van der Waals surface area contributed by atoms with Gasteiger partial charge in [0.25, 0.3) is 5.91 Å². The van der Waals surface area contributed by atoms with Crippen LogP contribution in [0, 0.1) is 6.92 Å². The molecular weight excluding hydrogens is 468 g/mol. The number of halogens is 2. The number of anilines is 2. The minimum absolute atomic E-state index is 0.140. The van der Waals surface area contributed by atoms with Crippen LogP contribution in [0.15, 0.2) is 65.1 Å². The number of methoxy groups -OCH3 is 1. The zero-order valence-electron chi connectivity index (χ0n) is 16.7. The molecule has 3 aromatic carbocycles. The minimum atomic E-state index is -0.275. The quantitative estimate of drug-likeness (QED) is 0.404. The van der Waals surface area contributed by atoms with E-state index in [9.17, 15) is 4.79 Å². The highest BCUT2D eigenvalue weighted by molar-refractivity contribution is 9.10. The first-order valence-electron chi connectivity index (χ1n) is 9.30. The molecule has 3 aromatic rings. The highest BCUT2D eigenvalue weighted by Gasteiger charge is 2.10. The summed E-state index contributed by atoms with van der Waals surface area (Å²) in [6.07, 6.45) is 0. The van der Waals surface area contributed by atoms with Crippen LogP contribution in [0.1, 0.15) is 11.1 Å². The summed E-state index contributed by atoms with van der Waals surface area (Å²) < 4.78 is 12.1. The van der Waals surface area contributed by atoms with E-state index in [1.807, 2.05) is 49.4 Å². The Balaban J connectivity index is 1.58. The van der Waals surface area contributed by atoms with Crippen molar-refractivity contribution in [1.82, 2.24) is 0 Å². The number of benzene rings is 3. The van der Waals surface area contributed by atoms with Crippen LogP contribution in [0.5, 0.6) is 11.5 Å². The lowest BCUT2D eigenvalue weighted by Gasteiger charge is -2.14. The van der Waals surface area contributed by atoms with Gasteiger partial charge >= 0.3 is 0 Å². The average Bonchev–Trinajstić information content (AvgIpc) is 2.74. The Labute approximate surface area is 189 Å². The fourth-order valence-electron chi connectivity index (χ4n) is 2.77. The van der Waals surface area contributed by atoms with Crippen molar-refractivity contribution >= 4 is 44.8 Å². The molecule has 0 heterocycles. The van der Waals surface area contributed by atoms with Crippen molar-refractivity contribution in [1.29, 1.82) is 0 Å². The number of aryl methyl sites for hydroxylation is 1. The second-order valence-corrected chi connectivity index (χ2v) is 7.99. The van der Waals surface area contributed by atoms with Crippen molar-refractivity contribution in [2.75, 3.05) is 24.4 Å². The summed E-state index contributed by atoms with van der Waals surface area (Å²) >= 11 is 9.42. The standard InChI is InChI=1S/C23H22BrClN2O3/c1-15-3-7-18(25)12-20(15)27-23(28)14-30-21-10-4-16(11-22(21)29-2)13-26-19-8-5-17(24)6-9-19/h3-12,26H,13-14H2,1-2H3,(H,27,28). The number of amides is 1. The SMILES string of the molecule is COc1cc(CNc2ccc(Br)cc2)ccc1OCC(=O)Nc1cc(Cl)ccc1C. The van der Waals surface area contributed by atoms with Gasteiger partial charge in [-0.3, -0.25) is 4.79 Å². The topological polar surface area (TPSA) is 59.6 Å². The van der Waals surface area contributed by atoms with Gasteiger partial charge in [0.2, 0.25) is 0 Å². The van der Waals surface area contributed by atoms with E-state index in [2.05, 4.69) is 26.6 Å². The molecule has 0 aliphatic heterocycles. The van der Waals surface area contributed by atoms with Crippen LogP contribution in [0.25, 0.3) is 0 Å². The number of carbonyl (C=O) groups is 1. The van der Waals surface area contributed by atoms with Gasteiger partial charge in [0.05, 0.1) is 7.11 Å². The smallest absolute Gasteiger partial charge is 0.262 e. The molecule has 5 nitrogen and oxygen atoms in total. The van der Waals surface area contributed by atoms with Crippen molar-refractivity contribution in [3.8, 4) is 11.5 Å². The average molecular weight is 490 g/mol. The molecule has 0 saturated heterocycles. The summed E-state index contributed by atoms with van der Waals surface area (Å²) in [6.45, 7) is 2.39. The summed E-state index contributed by atoms with van der Waals surface area (Å²) in [4.78, 5) is 12.3. The van der Waals surface area contributed by atoms with E-state index in [-0.39, 0.29) is 12.5 Å². The fourth-order valence-corrected chi connectivity index (χ4v) is 3.21. The molecule has 3 rings (SSSR count). The van der Waals surface area contributed by atoms with Crippen molar-refractivity contribution in [3.63, 3.8) is 0 Å². The van der Waals surface area contributed by atoms with Gasteiger partial charge in [-0.05, 0) is 66.6 Å². The third kappa shape index (κ3) is 6.15. The molecular formula is C23H22BrClN2O3. The Morgan fingerprint density at radius 2 is 1.80 bits per heavy atom. The molecule has 30 heavy (non-hydrogen) atoms. The molecule has 156 valence electrons. The van der Waals surface area contributed by atoms with Crippen LogP contribution >= 0.6 is 27.5 Å². The molecule has 0 radical (unpaired) electrons. The number of carbonyl (C=O) groups excluding carboxylic acids is 1. The van der Waals surface area contributed by atoms with Gasteiger partial charge in [0, 0.05) is 27.4 Å². The Bertz CT molecular complexity index is 1030. The van der Waals surface area contributed by atoms with E-state index in [4.69, 9.17) is 21.1 Å². The number of nitrogens with one attached hydrogen (secondary N) is 2. The van der Waals surface area contributed by atoms with E-state index < -0.39 is 0 Å². The second-order valence-electron chi connectivity index (χ2n) is 6.64. The summed E-state index contributed by atoms with van der Waals surface area (Å²) in [5.74, 6) is 0.795. The van der Waals surface area contributed by atoms with Crippen LogP contribution in [0.3, 0.4) is 0 Å².